The molecule has 0 amide bonds. The van der Waals surface area contributed by atoms with Crippen LogP contribution in [0.4, 0.5) is 0 Å². The maximum Gasteiger partial charge on any atom is 0.133 e. The second-order valence-electron chi connectivity index (χ2n) is 4.54. The molecule has 0 bridgehead atoms. The predicted molar refractivity (Wildman–Crippen MR) is 90.9 cm³/mol. The Morgan fingerprint density at radius 3 is 2.67 bits per heavy atom. The van der Waals surface area contributed by atoms with Gasteiger partial charge in [-0.15, -0.1) is 0 Å². The molecule has 3 N–H and O–H groups in total. The lowest BCUT2D eigenvalue weighted by atomic mass is 9.99. The highest BCUT2D eigenvalue weighted by Gasteiger charge is 2.16. The van der Waals surface area contributed by atoms with Gasteiger partial charge in [-0.05, 0) is 51.7 Å². The lowest BCUT2D eigenvalue weighted by Gasteiger charge is -2.19. The van der Waals surface area contributed by atoms with Gasteiger partial charge in [-0.3, -0.25) is 11.3 Å². The van der Waals surface area contributed by atoms with Crippen LogP contribution in [0, 0.1) is 0 Å². The van der Waals surface area contributed by atoms with Gasteiger partial charge < -0.3 is 4.74 Å². The Labute approximate surface area is 142 Å². The molecule has 0 aliphatic carbocycles. The van der Waals surface area contributed by atoms with Crippen molar-refractivity contribution in [1.29, 1.82) is 0 Å². The maximum atomic E-state index is 6.26. The third-order valence-electron chi connectivity index (χ3n) is 3.21. The summed E-state index contributed by atoms with van der Waals surface area (Å²) in [7, 11) is 1.63. The van der Waals surface area contributed by atoms with Crippen molar-refractivity contribution in [2.45, 2.75) is 12.5 Å². The largest absolute Gasteiger partial charge is 0.496 e. The number of hydrazine groups is 1. The topological polar surface area (TPSA) is 47.3 Å². The molecule has 0 radical (unpaired) electrons. The van der Waals surface area contributed by atoms with Gasteiger partial charge in [-0.1, -0.05) is 41.4 Å². The highest BCUT2D eigenvalue weighted by molar-refractivity contribution is 9.10. The molecule has 0 heterocycles. The van der Waals surface area contributed by atoms with E-state index in [-0.39, 0.29) is 6.04 Å². The molecule has 0 spiro atoms. The monoisotopic (exact) mass is 388 g/mol. The first-order chi connectivity index (χ1) is 10.1. The summed E-state index contributed by atoms with van der Waals surface area (Å²) in [6.45, 7) is 0. The number of halogens is 3. The fraction of sp³-hybridized carbons (Fsp3) is 0.200. The Kier molecular flexibility index (Phi) is 5.90. The molecule has 0 aromatic heterocycles. The third-order valence-corrected chi connectivity index (χ3v) is 4.67. The number of methoxy groups -OCH3 is 1. The zero-order valence-corrected chi connectivity index (χ0v) is 14.5. The van der Waals surface area contributed by atoms with Crippen molar-refractivity contribution < 1.29 is 4.74 Å². The fourth-order valence-corrected chi connectivity index (χ4v) is 3.15. The maximum absolute atomic E-state index is 6.26. The summed E-state index contributed by atoms with van der Waals surface area (Å²) < 4.78 is 6.12. The fourth-order valence-electron chi connectivity index (χ4n) is 2.12. The minimum absolute atomic E-state index is 0.128. The summed E-state index contributed by atoms with van der Waals surface area (Å²) >= 11 is 15.8. The highest BCUT2D eigenvalue weighted by atomic mass is 79.9. The molecule has 0 saturated carbocycles. The van der Waals surface area contributed by atoms with Crippen molar-refractivity contribution in [2.75, 3.05) is 7.11 Å². The molecule has 1 unspecified atom stereocenters. The average molecular weight is 390 g/mol. The van der Waals surface area contributed by atoms with Gasteiger partial charge in [0.05, 0.1) is 27.7 Å². The van der Waals surface area contributed by atoms with Crippen LogP contribution in [0.15, 0.2) is 40.9 Å². The minimum Gasteiger partial charge on any atom is -0.496 e. The van der Waals surface area contributed by atoms with Gasteiger partial charge in [-0.2, -0.15) is 0 Å². The van der Waals surface area contributed by atoms with Gasteiger partial charge >= 0.3 is 0 Å². The van der Waals surface area contributed by atoms with Gasteiger partial charge in [0.25, 0.3) is 0 Å². The smallest absolute Gasteiger partial charge is 0.133 e. The molecule has 0 aliphatic rings. The van der Waals surface area contributed by atoms with Crippen LogP contribution in [0.25, 0.3) is 0 Å². The Morgan fingerprint density at radius 2 is 2.05 bits per heavy atom. The summed E-state index contributed by atoms with van der Waals surface area (Å²) in [6, 6.07) is 11.3. The van der Waals surface area contributed by atoms with Gasteiger partial charge in [0.2, 0.25) is 0 Å². The summed E-state index contributed by atoms with van der Waals surface area (Å²) in [4.78, 5) is 0. The molecule has 6 heteroatoms. The number of nitrogens with two attached hydrogens (primary N) is 1. The number of benzene rings is 2. The van der Waals surface area contributed by atoms with E-state index in [1.807, 2.05) is 30.3 Å². The lowest BCUT2D eigenvalue weighted by Crippen LogP contribution is -2.29. The summed E-state index contributed by atoms with van der Waals surface area (Å²) in [5, 5.41) is 1.04. The average Bonchev–Trinajstić information content (AvgIpc) is 2.48. The van der Waals surface area contributed by atoms with Gasteiger partial charge in [0, 0.05) is 0 Å². The Balaban J connectivity index is 2.27. The SMILES string of the molecule is COc1ccc(CC(NN)c2cccc(Cl)c2Cl)cc1Br. The van der Waals surface area contributed by atoms with Gasteiger partial charge in [0.15, 0.2) is 0 Å². The van der Waals surface area contributed by atoms with E-state index < -0.39 is 0 Å². The van der Waals surface area contributed by atoms with Crippen molar-refractivity contribution in [1.82, 2.24) is 5.43 Å². The van der Waals surface area contributed by atoms with Crippen molar-refractivity contribution in [3.05, 3.63) is 62.0 Å². The predicted octanol–water partition coefficient (Wildman–Crippen LogP) is 4.51. The van der Waals surface area contributed by atoms with Crippen LogP contribution in [0.1, 0.15) is 17.2 Å². The molecule has 2 rings (SSSR count). The number of ether oxygens (including phenoxy) is 1. The van der Waals surface area contributed by atoms with E-state index in [4.69, 9.17) is 33.8 Å². The first-order valence-electron chi connectivity index (χ1n) is 6.29. The molecule has 1 atom stereocenters. The van der Waals surface area contributed by atoms with E-state index in [2.05, 4.69) is 21.4 Å². The Morgan fingerprint density at radius 1 is 1.29 bits per heavy atom. The molecule has 2 aromatic rings. The number of rotatable bonds is 5. The second kappa shape index (κ2) is 7.47. The second-order valence-corrected chi connectivity index (χ2v) is 6.17. The molecule has 2 aromatic carbocycles. The molecule has 3 nitrogen and oxygen atoms in total. The lowest BCUT2D eigenvalue weighted by molar-refractivity contribution is 0.412. The Bertz CT molecular complexity index is 637. The number of hydrogen-bond acceptors (Lipinski definition) is 3. The van der Waals surface area contributed by atoms with E-state index in [9.17, 15) is 0 Å². The first kappa shape index (κ1) is 16.6. The van der Waals surface area contributed by atoms with Crippen LogP contribution in [0.3, 0.4) is 0 Å². The molecule has 0 aliphatic heterocycles. The summed E-state index contributed by atoms with van der Waals surface area (Å²) in [6.07, 6.45) is 0.680. The van der Waals surface area contributed by atoms with E-state index >= 15 is 0 Å². The van der Waals surface area contributed by atoms with Crippen LogP contribution in [-0.2, 0) is 6.42 Å². The molecular weight excluding hydrogens is 375 g/mol. The quantitative estimate of drug-likeness (QED) is 0.584. The third kappa shape index (κ3) is 3.90. The first-order valence-corrected chi connectivity index (χ1v) is 7.84. The summed E-state index contributed by atoms with van der Waals surface area (Å²) in [5.41, 5.74) is 4.77. The minimum atomic E-state index is -0.128. The zero-order chi connectivity index (χ0) is 15.4. The van der Waals surface area contributed by atoms with Gasteiger partial charge in [-0.25, -0.2) is 0 Å². The molecule has 0 saturated heterocycles. The van der Waals surface area contributed by atoms with Crippen molar-refractivity contribution >= 4 is 39.1 Å². The van der Waals surface area contributed by atoms with E-state index in [0.717, 1.165) is 21.3 Å². The molecule has 112 valence electrons. The molecule has 21 heavy (non-hydrogen) atoms. The van der Waals surface area contributed by atoms with Crippen molar-refractivity contribution in [3.8, 4) is 5.75 Å². The van der Waals surface area contributed by atoms with Crippen LogP contribution < -0.4 is 16.0 Å². The van der Waals surface area contributed by atoms with Crippen LogP contribution >= 0.6 is 39.1 Å². The highest BCUT2D eigenvalue weighted by Crippen LogP contribution is 2.32. The van der Waals surface area contributed by atoms with Crippen LogP contribution in [0.2, 0.25) is 10.0 Å². The van der Waals surface area contributed by atoms with Gasteiger partial charge in [0.1, 0.15) is 5.75 Å². The summed E-state index contributed by atoms with van der Waals surface area (Å²) in [5.74, 6) is 6.47. The van der Waals surface area contributed by atoms with Crippen LogP contribution in [-0.4, -0.2) is 7.11 Å². The number of nitrogens with one attached hydrogen (secondary N) is 1. The molecule has 0 fully saturated rings. The van der Waals surface area contributed by atoms with E-state index in [0.29, 0.717) is 16.5 Å². The van der Waals surface area contributed by atoms with E-state index in [1.54, 1.807) is 13.2 Å². The Hall–Kier alpha value is -0.780. The normalized spacial score (nSPS) is 12.2. The van der Waals surface area contributed by atoms with E-state index in [1.165, 1.54) is 0 Å². The standard InChI is InChI=1S/C15H15BrCl2N2O/c1-21-14-6-5-9(7-11(14)16)8-13(20-19)10-3-2-4-12(17)15(10)18/h2-7,13,20H,8,19H2,1H3. The van der Waals surface area contributed by atoms with Crippen molar-refractivity contribution in [3.63, 3.8) is 0 Å². The van der Waals surface area contributed by atoms with Crippen molar-refractivity contribution in [2.24, 2.45) is 5.84 Å². The number of hydrogen-bond donors (Lipinski definition) is 2. The van der Waals surface area contributed by atoms with Crippen LogP contribution in [0.5, 0.6) is 5.75 Å². The zero-order valence-electron chi connectivity index (χ0n) is 11.4. The molecular formula is C15H15BrCl2N2O.